The van der Waals surface area contributed by atoms with E-state index in [2.05, 4.69) is 26.6 Å². The lowest BCUT2D eigenvalue weighted by Crippen LogP contribution is -2.02. The van der Waals surface area contributed by atoms with Crippen LogP contribution in [0.4, 0.5) is 21.5 Å². The first-order chi connectivity index (χ1) is 9.51. The Hall–Kier alpha value is -2.08. The third-order valence-electron chi connectivity index (χ3n) is 2.73. The number of benzene rings is 2. The van der Waals surface area contributed by atoms with Crippen LogP contribution in [0, 0.1) is 5.82 Å². The number of rotatable bonds is 4. The molecule has 20 heavy (non-hydrogen) atoms. The van der Waals surface area contributed by atoms with E-state index in [1.165, 1.54) is 12.1 Å². The van der Waals surface area contributed by atoms with Gasteiger partial charge in [0.1, 0.15) is 5.82 Å². The van der Waals surface area contributed by atoms with Crippen LogP contribution in [0.5, 0.6) is 0 Å². The molecule has 0 spiro atoms. The fraction of sp³-hybridized carbons (Fsp3) is 0.0714. The number of nitrogens with one attached hydrogen (secondary N) is 2. The smallest absolute Gasteiger partial charge is 0.338 e. The lowest BCUT2D eigenvalue weighted by molar-refractivity contribution is 0.0692. The molecule has 0 amide bonds. The van der Waals surface area contributed by atoms with Crippen LogP contribution in [0.2, 0.25) is 0 Å². The van der Waals surface area contributed by atoms with E-state index in [9.17, 15) is 9.18 Å². The predicted octanol–water partition coefficient (Wildman–Crippen LogP) is 4.07. The Bertz CT molecular complexity index is 662. The molecular weight excluding hydrogens is 327 g/mol. The lowest BCUT2D eigenvalue weighted by atomic mass is 10.2. The average molecular weight is 339 g/mol. The Labute approximate surface area is 123 Å². The molecule has 0 aromatic heterocycles. The molecular formula is C14H12BrFN2O2. The molecule has 3 N–H and O–H groups in total. The van der Waals surface area contributed by atoms with Crippen molar-refractivity contribution in [2.45, 2.75) is 0 Å². The number of halogens is 2. The van der Waals surface area contributed by atoms with Gasteiger partial charge in [-0.05, 0) is 36.4 Å². The van der Waals surface area contributed by atoms with Gasteiger partial charge >= 0.3 is 5.97 Å². The standard InChI is InChI=1S/C14H12BrFN2O2/c1-17-12-5-2-8(15)6-13(12)18-9-3-4-10(14(19)20)11(16)7-9/h2-7,17-18H,1H3,(H,19,20). The maximum absolute atomic E-state index is 13.6. The van der Waals surface area contributed by atoms with Crippen LogP contribution >= 0.6 is 15.9 Å². The number of carbonyl (C=O) groups is 1. The topological polar surface area (TPSA) is 61.4 Å². The molecule has 0 saturated carbocycles. The van der Waals surface area contributed by atoms with E-state index in [1.54, 1.807) is 7.05 Å². The molecule has 4 nitrogen and oxygen atoms in total. The highest BCUT2D eigenvalue weighted by Crippen LogP contribution is 2.29. The van der Waals surface area contributed by atoms with Gasteiger partial charge in [0.2, 0.25) is 0 Å². The van der Waals surface area contributed by atoms with Crippen molar-refractivity contribution in [1.82, 2.24) is 0 Å². The monoisotopic (exact) mass is 338 g/mol. The van der Waals surface area contributed by atoms with E-state index in [4.69, 9.17) is 5.11 Å². The van der Waals surface area contributed by atoms with E-state index < -0.39 is 11.8 Å². The molecule has 2 rings (SSSR count). The SMILES string of the molecule is CNc1ccc(Br)cc1Nc1ccc(C(=O)O)c(F)c1. The second-order valence-corrected chi connectivity index (χ2v) is 4.98. The van der Waals surface area contributed by atoms with Gasteiger partial charge in [-0.2, -0.15) is 0 Å². The molecule has 6 heteroatoms. The predicted molar refractivity (Wildman–Crippen MR) is 80.3 cm³/mol. The molecule has 2 aromatic carbocycles. The first kappa shape index (κ1) is 14.3. The summed E-state index contributed by atoms with van der Waals surface area (Å²) in [6.45, 7) is 0. The quantitative estimate of drug-likeness (QED) is 0.786. The molecule has 0 aliphatic carbocycles. The van der Waals surface area contributed by atoms with E-state index in [0.29, 0.717) is 5.69 Å². The van der Waals surface area contributed by atoms with Crippen LogP contribution < -0.4 is 10.6 Å². The first-order valence-electron chi connectivity index (χ1n) is 5.78. The normalized spacial score (nSPS) is 10.2. The molecule has 0 aliphatic heterocycles. The van der Waals surface area contributed by atoms with Crippen molar-refractivity contribution in [3.63, 3.8) is 0 Å². The Morgan fingerprint density at radius 1 is 1.20 bits per heavy atom. The molecule has 0 fully saturated rings. The summed E-state index contributed by atoms with van der Waals surface area (Å²) in [6, 6.07) is 9.50. The molecule has 0 heterocycles. The summed E-state index contributed by atoms with van der Waals surface area (Å²) in [4.78, 5) is 10.8. The van der Waals surface area contributed by atoms with Crippen LogP contribution in [0.15, 0.2) is 40.9 Å². The molecule has 0 atom stereocenters. The second kappa shape index (κ2) is 5.92. The summed E-state index contributed by atoms with van der Waals surface area (Å²) in [5, 5.41) is 14.9. The van der Waals surface area contributed by atoms with E-state index in [0.717, 1.165) is 21.9 Å². The lowest BCUT2D eigenvalue weighted by Gasteiger charge is -2.12. The van der Waals surface area contributed by atoms with Gasteiger partial charge in [-0.1, -0.05) is 15.9 Å². The summed E-state index contributed by atoms with van der Waals surface area (Å²) in [7, 11) is 1.78. The third kappa shape index (κ3) is 3.08. The van der Waals surface area contributed by atoms with Gasteiger partial charge in [0.15, 0.2) is 0 Å². The van der Waals surface area contributed by atoms with Crippen LogP contribution in [0.3, 0.4) is 0 Å². The van der Waals surface area contributed by atoms with Crippen molar-refractivity contribution in [3.8, 4) is 0 Å². The maximum atomic E-state index is 13.6. The van der Waals surface area contributed by atoms with Crippen molar-refractivity contribution in [2.75, 3.05) is 17.7 Å². The molecule has 0 bridgehead atoms. The highest BCUT2D eigenvalue weighted by Gasteiger charge is 2.11. The van der Waals surface area contributed by atoms with Crippen LogP contribution in [-0.4, -0.2) is 18.1 Å². The fourth-order valence-corrected chi connectivity index (χ4v) is 2.12. The number of hydrogen-bond acceptors (Lipinski definition) is 3. The minimum absolute atomic E-state index is 0.348. The molecule has 0 unspecified atom stereocenters. The third-order valence-corrected chi connectivity index (χ3v) is 3.22. The number of anilines is 3. The molecule has 0 aliphatic rings. The van der Waals surface area contributed by atoms with Gasteiger partial charge in [0, 0.05) is 17.2 Å². The Morgan fingerprint density at radius 2 is 1.95 bits per heavy atom. The van der Waals surface area contributed by atoms with Gasteiger partial charge in [-0.25, -0.2) is 9.18 Å². The van der Waals surface area contributed by atoms with E-state index >= 15 is 0 Å². The average Bonchev–Trinajstić information content (AvgIpc) is 2.38. The largest absolute Gasteiger partial charge is 0.478 e. The Morgan fingerprint density at radius 3 is 2.55 bits per heavy atom. The van der Waals surface area contributed by atoms with Gasteiger partial charge in [-0.15, -0.1) is 0 Å². The number of hydrogen-bond donors (Lipinski definition) is 3. The minimum atomic E-state index is -1.28. The summed E-state index contributed by atoms with van der Waals surface area (Å²) < 4.78 is 14.5. The molecule has 104 valence electrons. The summed E-state index contributed by atoms with van der Waals surface area (Å²) >= 11 is 3.36. The minimum Gasteiger partial charge on any atom is -0.478 e. The van der Waals surface area contributed by atoms with Crippen LogP contribution in [0.1, 0.15) is 10.4 Å². The number of carboxylic acids is 1. The Balaban J connectivity index is 2.33. The van der Waals surface area contributed by atoms with Gasteiger partial charge in [0.25, 0.3) is 0 Å². The van der Waals surface area contributed by atoms with Crippen molar-refractivity contribution >= 4 is 39.0 Å². The van der Waals surface area contributed by atoms with Crippen molar-refractivity contribution in [3.05, 3.63) is 52.3 Å². The summed E-state index contributed by atoms with van der Waals surface area (Å²) in [5.74, 6) is -2.06. The number of aromatic carboxylic acids is 1. The highest BCUT2D eigenvalue weighted by atomic mass is 79.9. The fourth-order valence-electron chi connectivity index (χ4n) is 1.76. The van der Waals surface area contributed by atoms with Crippen molar-refractivity contribution in [1.29, 1.82) is 0 Å². The molecule has 0 radical (unpaired) electrons. The summed E-state index contributed by atoms with van der Waals surface area (Å²) in [5.41, 5.74) is 1.72. The van der Waals surface area contributed by atoms with Crippen LogP contribution in [-0.2, 0) is 0 Å². The Kier molecular flexibility index (Phi) is 4.24. The van der Waals surface area contributed by atoms with Gasteiger partial charge in [-0.3, -0.25) is 0 Å². The summed E-state index contributed by atoms with van der Waals surface area (Å²) in [6.07, 6.45) is 0. The van der Waals surface area contributed by atoms with Crippen LogP contribution in [0.25, 0.3) is 0 Å². The first-order valence-corrected chi connectivity index (χ1v) is 6.57. The van der Waals surface area contributed by atoms with Crippen molar-refractivity contribution < 1.29 is 14.3 Å². The number of carboxylic acid groups (broad SMARTS) is 1. The second-order valence-electron chi connectivity index (χ2n) is 4.06. The maximum Gasteiger partial charge on any atom is 0.338 e. The molecule has 0 saturated heterocycles. The zero-order valence-electron chi connectivity index (χ0n) is 10.6. The molecule has 2 aromatic rings. The zero-order chi connectivity index (χ0) is 14.7. The van der Waals surface area contributed by atoms with Gasteiger partial charge < -0.3 is 15.7 Å². The highest BCUT2D eigenvalue weighted by molar-refractivity contribution is 9.10. The van der Waals surface area contributed by atoms with E-state index in [1.807, 2.05) is 18.2 Å². The van der Waals surface area contributed by atoms with E-state index in [-0.39, 0.29) is 5.56 Å². The van der Waals surface area contributed by atoms with Crippen molar-refractivity contribution in [2.24, 2.45) is 0 Å². The van der Waals surface area contributed by atoms with Gasteiger partial charge in [0.05, 0.1) is 16.9 Å². The zero-order valence-corrected chi connectivity index (χ0v) is 12.2.